The van der Waals surface area contributed by atoms with E-state index in [2.05, 4.69) is 0 Å². The molecular formula is C20H26N2O3. The van der Waals surface area contributed by atoms with E-state index in [0.29, 0.717) is 24.4 Å². The Bertz CT molecular complexity index is 709. The summed E-state index contributed by atoms with van der Waals surface area (Å²) in [5, 5.41) is 0. The molecule has 0 aliphatic carbocycles. The van der Waals surface area contributed by atoms with E-state index < -0.39 is 0 Å². The number of hydrogen-bond donors (Lipinski definition) is 0. The summed E-state index contributed by atoms with van der Waals surface area (Å²) in [7, 11) is 5.17. The third-order valence-electron chi connectivity index (χ3n) is 4.31. The Hall–Kier alpha value is -2.69. The van der Waals surface area contributed by atoms with Crippen LogP contribution in [0.3, 0.4) is 0 Å². The van der Waals surface area contributed by atoms with Gasteiger partial charge in [0.1, 0.15) is 17.1 Å². The van der Waals surface area contributed by atoms with E-state index in [1.807, 2.05) is 68.3 Å². The smallest absolute Gasteiger partial charge is 0.259 e. The molecule has 0 aromatic heterocycles. The van der Waals surface area contributed by atoms with E-state index in [1.165, 1.54) is 0 Å². The first kappa shape index (κ1) is 18.6. The number of carbonyl (C=O) groups excluding carboxylic acids is 1. The molecule has 0 radical (unpaired) electrons. The van der Waals surface area contributed by atoms with Gasteiger partial charge in [0.25, 0.3) is 5.91 Å². The van der Waals surface area contributed by atoms with E-state index in [-0.39, 0.29) is 5.91 Å². The van der Waals surface area contributed by atoms with Crippen LogP contribution in [0.4, 0.5) is 11.4 Å². The van der Waals surface area contributed by atoms with Gasteiger partial charge in [-0.05, 0) is 50.2 Å². The maximum atomic E-state index is 13.0. The molecule has 2 aromatic rings. The summed E-state index contributed by atoms with van der Waals surface area (Å²) in [5.41, 5.74) is 2.34. The highest BCUT2D eigenvalue weighted by Gasteiger charge is 2.23. The molecule has 2 rings (SSSR count). The number of methoxy groups -OCH3 is 2. The third kappa shape index (κ3) is 3.87. The number of anilines is 2. The van der Waals surface area contributed by atoms with Crippen LogP contribution in [0.15, 0.2) is 42.5 Å². The second kappa shape index (κ2) is 8.42. The minimum absolute atomic E-state index is 0.0298. The Balaban J connectivity index is 2.50. The van der Waals surface area contributed by atoms with E-state index in [1.54, 1.807) is 19.1 Å². The van der Waals surface area contributed by atoms with Gasteiger partial charge in [-0.3, -0.25) is 4.79 Å². The molecule has 25 heavy (non-hydrogen) atoms. The summed E-state index contributed by atoms with van der Waals surface area (Å²) >= 11 is 0. The van der Waals surface area contributed by atoms with Gasteiger partial charge in [-0.15, -0.1) is 0 Å². The topological polar surface area (TPSA) is 42.0 Å². The highest BCUT2D eigenvalue weighted by Crippen LogP contribution is 2.34. The van der Waals surface area contributed by atoms with Gasteiger partial charge in [0.15, 0.2) is 0 Å². The van der Waals surface area contributed by atoms with Crippen molar-refractivity contribution in [2.24, 2.45) is 0 Å². The van der Waals surface area contributed by atoms with Crippen LogP contribution >= 0.6 is 0 Å². The lowest BCUT2D eigenvalue weighted by atomic mass is 10.1. The molecule has 0 atom stereocenters. The normalized spacial score (nSPS) is 10.3. The van der Waals surface area contributed by atoms with Crippen molar-refractivity contribution >= 4 is 17.3 Å². The van der Waals surface area contributed by atoms with Crippen LogP contribution < -0.4 is 14.4 Å². The van der Waals surface area contributed by atoms with Crippen LogP contribution in [0.1, 0.15) is 24.2 Å². The van der Waals surface area contributed by atoms with Crippen molar-refractivity contribution < 1.29 is 14.3 Å². The molecule has 0 unspecified atom stereocenters. The van der Waals surface area contributed by atoms with Gasteiger partial charge in [0, 0.05) is 25.8 Å². The van der Waals surface area contributed by atoms with Crippen molar-refractivity contribution in [2.45, 2.75) is 13.8 Å². The van der Waals surface area contributed by atoms with Crippen molar-refractivity contribution in [1.29, 1.82) is 0 Å². The molecule has 0 saturated heterocycles. The average molecular weight is 342 g/mol. The van der Waals surface area contributed by atoms with Gasteiger partial charge >= 0.3 is 0 Å². The van der Waals surface area contributed by atoms with Crippen LogP contribution in [0.2, 0.25) is 0 Å². The zero-order valence-electron chi connectivity index (χ0n) is 15.6. The van der Waals surface area contributed by atoms with Gasteiger partial charge in [-0.25, -0.2) is 0 Å². The predicted octanol–water partition coefficient (Wildman–Crippen LogP) is 3.95. The summed E-state index contributed by atoms with van der Waals surface area (Å²) in [4.78, 5) is 16.8. The summed E-state index contributed by atoms with van der Waals surface area (Å²) in [6.07, 6.45) is 0. The average Bonchev–Trinajstić information content (AvgIpc) is 2.67. The molecule has 2 aromatic carbocycles. The molecule has 134 valence electrons. The standard InChI is InChI=1S/C20H26N2O3/c1-6-22(7-2)20(23)19-17(9-8-10-18(19)25-5)21(3)15-11-13-16(24-4)14-12-15/h8-14H,6-7H2,1-5H3. The molecule has 5 heteroatoms. The van der Waals surface area contributed by atoms with Gasteiger partial charge in [0.05, 0.1) is 19.9 Å². The molecule has 0 aliphatic rings. The number of amides is 1. The molecule has 1 amide bonds. The SMILES string of the molecule is CCN(CC)C(=O)c1c(OC)cccc1N(C)c1ccc(OC)cc1. The number of rotatable bonds is 7. The van der Waals surface area contributed by atoms with E-state index >= 15 is 0 Å². The number of carbonyl (C=O) groups is 1. The van der Waals surface area contributed by atoms with E-state index in [9.17, 15) is 4.79 Å². The Morgan fingerprint density at radius 3 is 2.12 bits per heavy atom. The van der Waals surface area contributed by atoms with Crippen LogP contribution in [0, 0.1) is 0 Å². The van der Waals surface area contributed by atoms with Crippen LogP contribution in [0.5, 0.6) is 11.5 Å². The van der Waals surface area contributed by atoms with Crippen molar-refractivity contribution in [3.63, 3.8) is 0 Å². The summed E-state index contributed by atoms with van der Waals surface area (Å²) in [6.45, 7) is 5.26. The highest BCUT2D eigenvalue weighted by atomic mass is 16.5. The monoisotopic (exact) mass is 342 g/mol. The number of benzene rings is 2. The van der Waals surface area contributed by atoms with E-state index in [4.69, 9.17) is 9.47 Å². The zero-order chi connectivity index (χ0) is 18.4. The zero-order valence-corrected chi connectivity index (χ0v) is 15.6. The molecule has 0 bridgehead atoms. The molecule has 0 aliphatic heterocycles. The lowest BCUT2D eigenvalue weighted by molar-refractivity contribution is 0.0770. The van der Waals surface area contributed by atoms with Crippen molar-refractivity contribution in [2.75, 3.05) is 39.3 Å². The maximum Gasteiger partial charge on any atom is 0.259 e. The van der Waals surface area contributed by atoms with Crippen LogP contribution in [-0.2, 0) is 0 Å². The fourth-order valence-electron chi connectivity index (χ4n) is 2.80. The number of hydrogen-bond acceptors (Lipinski definition) is 4. The molecule has 0 heterocycles. The van der Waals surface area contributed by atoms with Crippen molar-refractivity contribution in [3.05, 3.63) is 48.0 Å². The largest absolute Gasteiger partial charge is 0.497 e. The van der Waals surface area contributed by atoms with Crippen LogP contribution in [0.25, 0.3) is 0 Å². The molecular weight excluding hydrogens is 316 g/mol. The second-order valence-electron chi connectivity index (χ2n) is 5.59. The van der Waals surface area contributed by atoms with Crippen LogP contribution in [-0.4, -0.2) is 45.2 Å². The number of nitrogens with zero attached hydrogens (tertiary/aromatic N) is 2. The highest BCUT2D eigenvalue weighted by molar-refractivity contribution is 6.03. The lowest BCUT2D eigenvalue weighted by Crippen LogP contribution is -2.32. The Labute approximate surface area is 149 Å². The first-order chi connectivity index (χ1) is 12.1. The molecule has 0 saturated carbocycles. The summed E-state index contributed by atoms with van der Waals surface area (Å²) in [6, 6.07) is 13.4. The van der Waals surface area contributed by atoms with Gasteiger partial charge in [-0.2, -0.15) is 0 Å². The van der Waals surface area contributed by atoms with Gasteiger partial charge < -0.3 is 19.3 Å². The maximum absolute atomic E-state index is 13.0. The summed E-state index contributed by atoms with van der Waals surface area (Å²) in [5.74, 6) is 1.34. The van der Waals surface area contributed by atoms with Crippen molar-refractivity contribution in [1.82, 2.24) is 4.90 Å². The Kier molecular flexibility index (Phi) is 6.28. The minimum Gasteiger partial charge on any atom is -0.497 e. The summed E-state index contributed by atoms with van der Waals surface area (Å²) < 4.78 is 10.7. The first-order valence-electron chi connectivity index (χ1n) is 8.41. The lowest BCUT2D eigenvalue weighted by Gasteiger charge is -2.26. The molecule has 0 N–H and O–H groups in total. The third-order valence-corrected chi connectivity index (χ3v) is 4.31. The quantitative estimate of drug-likeness (QED) is 0.764. The fourth-order valence-corrected chi connectivity index (χ4v) is 2.80. The molecule has 0 fully saturated rings. The Morgan fingerprint density at radius 2 is 1.60 bits per heavy atom. The fraction of sp³-hybridized carbons (Fsp3) is 0.350. The predicted molar refractivity (Wildman–Crippen MR) is 101 cm³/mol. The van der Waals surface area contributed by atoms with Crippen molar-refractivity contribution in [3.8, 4) is 11.5 Å². The second-order valence-corrected chi connectivity index (χ2v) is 5.59. The number of ether oxygens (including phenoxy) is 2. The minimum atomic E-state index is -0.0298. The first-order valence-corrected chi connectivity index (χ1v) is 8.41. The van der Waals surface area contributed by atoms with Gasteiger partial charge in [-0.1, -0.05) is 6.07 Å². The van der Waals surface area contributed by atoms with E-state index in [0.717, 1.165) is 17.1 Å². The van der Waals surface area contributed by atoms with Gasteiger partial charge in [0.2, 0.25) is 0 Å². The molecule has 5 nitrogen and oxygen atoms in total. The molecule has 0 spiro atoms. The Morgan fingerprint density at radius 1 is 0.960 bits per heavy atom.